The Morgan fingerprint density at radius 3 is 3.15 bits per heavy atom. The normalized spacial score (nSPS) is 22.5. The van der Waals surface area contributed by atoms with Crippen LogP contribution in [-0.2, 0) is 6.42 Å². The summed E-state index contributed by atoms with van der Waals surface area (Å²) in [6.07, 6.45) is 5.60. The van der Waals surface area contributed by atoms with Crippen LogP contribution < -0.4 is 10.6 Å². The minimum atomic E-state index is -0.206. The molecule has 1 fully saturated rings. The maximum Gasteiger partial charge on any atom is 0.321 e. The summed E-state index contributed by atoms with van der Waals surface area (Å²) in [7, 11) is 0. The van der Waals surface area contributed by atoms with Crippen molar-refractivity contribution in [2.45, 2.75) is 51.6 Å². The maximum absolute atomic E-state index is 11.8. The van der Waals surface area contributed by atoms with Gasteiger partial charge in [0.05, 0.1) is 11.8 Å². The molecule has 0 saturated heterocycles. The Balaban J connectivity index is 1.71. The van der Waals surface area contributed by atoms with Gasteiger partial charge in [-0.1, -0.05) is 19.8 Å². The molecule has 112 valence electrons. The highest BCUT2D eigenvalue weighted by Gasteiger charge is 2.20. The molecule has 1 aliphatic rings. The highest BCUT2D eigenvalue weighted by atomic mass is 32.1. The highest BCUT2D eigenvalue weighted by Crippen LogP contribution is 2.23. The number of amides is 2. The third kappa shape index (κ3) is 4.76. The smallest absolute Gasteiger partial charge is 0.321 e. The van der Waals surface area contributed by atoms with E-state index in [0.29, 0.717) is 17.6 Å². The summed E-state index contributed by atoms with van der Waals surface area (Å²) in [6.45, 7) is 2.73. The minimum absolute atomic E-state index is 0.200. The minimum Gasteiger partial charge on any atom is -0.393 e. The fourth-order valence-corrected chi connectivity index (χ4v) is 3.30. The number of nitrogens with one attached hydrogen (secondary N) is 2. The molecule has 3 N–H and O–H groups in total. The van der Waals surface area contributed by atoms with E-state index in [4.69, 9.17) is 0 Å². The average molecular weight is 297 g/mol. The fourth-order valence-electron chi connectivity index (χ4n) is 2.56. The van der Waals surface area contributed by atoms with Crippen LogP contribution in [0, 0.1) is 5.92 Å². The van der Waals surface area contributed by atoms with E-state index in [9.17, 15) is 9.90 Å². The number of thiazole rings is 1. The van der Waals surface area contributed by atoms with Crippen molar-refractivity contribution >= 4 is 22.5 Å². The van der Waals surface area contributed by atoms with Gasteiger partial charge in [0.1, 0.15) is 0 Å². The number of aliphatic hydroxyl groups excluding tert-OH is 1. The number of nitrogens with zero attached hydrogens (tertiary/aromatic N) is 1. The van der Waals surface area contributed by atoms with Gasteiger partial charge in [-0.3, -0.25) is 5.32 Å². The van der Waals surface area contributed by atoms with E-state index in [1.165, 1.54) is 11.3 Å². The molecule has 2 atom stereocenters. The van der Waals surface area contributed by atoms with Gasteiger partial charge >= 0.3 is 6.03 Å². The topological polar surface area (TPSA) is 74.2 Å². The number of carbonyl (C=O) groups excluding carboxylic acids is 1. The van der Waals surface area contributed by atoms with Crippen molar-refractivity contribution in [3.8, 4) is 0 Å². The molecule has 6 heteroatoms. The van der Waals surface area contributed by atoms with Crippen molar-refractivity contribution in [2.75, 3.05) is 11.9 Å². The van der Waals surface area contributed by atoms with Gasteiger partial charge in [-0.2, -0.15) is 0 Å². The zero-order chi connectivity index (χ0) is 14.4. The molecule has 0 spiro atoms. The Hall–Kier alpha value is -1.14. The first-order valence-electron chi connectivity index (χ1n) is 7.34. The van der Waals surface area contributed by atoms with Crippen molar-refractivity contribution in [3.05, 3.63) is 11.1 Å². The molecular formula is C14H23N3O2S. The lowest BCUT2D eigenvalue weighted by molar-refractivity contribution is 0.101. The molecule has 1 aliphatic carbocycles. The van der Waals surface area contributed by atoms with Crippen molar-refractivity contribution in [3.63, 3.8) is 0 Å². The van der Waals surface area contributed by atoms with Crippen molar-refractivity contribution < 1.29 is 9.90 Å². The first kappa shape index (κ1) is 15.3. The van der Waals surface area contributed by atoms with Gasteiger partial charge in [-0.25, -0.2) is 9.78 Å². The SMILES string of the molecule is CCCc1csc(NC(=O)NC[C@H]2CCC[C@H](O)C2)n1. The van der Waals surface area contributed by atoms with Gasteiger partial charge in [0.15, 0.2) is 5.13 Å². The van der Waals surface area contributed by atoms with E-state index in [0.717, 1.165) is 44.2 Å². The fraction of sp³-hybridized carbons (Fsp3) is 0.714. The molecule has 0 bridgehead atoms. The Kier molecular flexibility index (Phi) is 5.79. The van der Waals surface area contributed by atoms with Crippen LogP contribution in [0.1, 0.15) is 44.7 Å². The molecule has 5 nitrogen and oxygen atoms in total. The zero-order valence-corrected chi connectivity index (χ0v) is 12.7. The number of carbonyl (C=O) groups is 1. The summed E-state index contributed by atoms with van der Waals surface area (Å²) in [5.41, 5.74) is 1.03. The Morgan fingerprint density at radius 2 is 2.40 bits per heavy atom. The maximum atomic E-state index is 11.8. The number of rotatable bonds is 5. The molecule has 0 unspecified atom stereocenters. The van der Waals surface area contributed by atoms with Crippen LogP contribution >= 0.6 is 11.3 Å². The highest BCUT2D eigenvalue weighted by molar-refractivity contribution is 7.13. The predicted molar refractivity (Wildman–Crippen MR) is 81.1 cm³/mol. The zero-order valence-electron chi connectivity index (χ0n) is 11.9. The molecule has 20 heavy (non-hydrogen) atoms. The van der Waals surface area contributed by atoms with Gasteiger partial charge in [-0.05, 0) is 31.6 Å². The molecular weight excluding hydrogens is 274 g/mol. The molecule has 0 aliphatic heterocycles. The number of aromatic nitrogens is 1. The van der Waals surface area contributed by atoms with Gasteiger partial charge in [-0.15, -0.1) is 11.3 Å². The van der Waals surface area contributed by atoms with Crippen LogP contribution in [0.15, 0.2) is 5.38 Å². The third-order valence-electron chi connectivity index (χ3n) is 3.58. The van der Waals surface area contributed by atoms with E-state index < -0.39 is 0 Å². The Labute approximate surface area is 123 Å². The van der Waals surface area contributed by atoms with E-state index >= 15 is 0 Å². The van der Waals surface area contributed by atoms with E-state index in [2.05, 4.69) is 22.5 Å². The van der Waals surface area contributed by atoms with Crippen molar-refractivity contribution in [2.24, 2.45) is 5.92 Å². The van der Waals surface area contributed by atoms with E-state index in [1.807, 2.05) is 5.38 Å². The second-order valence-corrected chi connectivity index (χ2v) is 6.27. The van der Waals surface area contributed by atoms with Crippen LogP contribution in [0.5, 0.6) is 0 Å². The quantitative estimate of drug-likeness (QED) is 0.782. The van der Waals surface area contributed by atoms with Gasteiger partial charge in [0.2, 0.25) is 0 Å². The lowest BCUT2D eigenvalue weighted by Crippen LogP contribution is -2.35. The van der Waals surface area contributed by atoms with Crippen LogP contribution in [0.3, 0.4) is 0 Å². The summed E-state index contributed by atoms with van der Waals surface area (Å²) in [5.74, 6) is 0.386. The lowest BCUT2D eigenvalue weighted by Gasteiger charge is -2.25. The third-order valence-corrected chi connectivity index (χ3v) is 4.39. The standard InChI is InChI=1S/C14H23N3O2S/c1-2-4-11-9-20-14(16-11)17-13(19)15-8-10-5-3-6-12(18)7-10/h9-10,12,18H,2-8H2,1H3,(H2,15,16,17,19)/t10-,12-/m0/s1. The van der Waals surface area contributed by atoms with Crippen LogP contribution in [-0.4, -0.2) is 28.8 Å². The first-order chi connectivity index (χ1) is 9.67. The number of aliphatic hydroxyl groups is 1. The number of hydrogen-bond donors (Lipinski definition) is 3. The van der Waals surface area contributed by atoms with Crippen LogP contribution in [0.2, 0.25) is 0 Å². The van der Waals surface area contributed by atoms with Crippen LogP contribution in [0.25, 0.3) is 0 Å². The second-order valence-electron chi connectivity index (χ2n) is 5.42. The predicted octanol–water partition coefficient (Wildman–Crippen LogP) is 2.77. The molecule has 1 aromatic rings. The molecule has 1 saturated carbocycles. The molecule has 1 aromatic heterocycles. The van der Waals surface area contributed by atoms with Gasteiger partial charge in [0, 0.05) is 11.9 Å². The molecule has 0 aromatic carbocycles. The average Bonchev–Trinajstić information content (AvgIpc) is 2.84. The summed E-state index contributed by atoms with van der Waals surface area (Å²) in [6, 6.07) is -0.206. The van der Waals surface area contributed by atoms with E-state index in [1.54, 1.807) is 0 Å². The van der Waals surface area contributed by atoms with Crippen LogP contribution in [0.4, 0.5) is 9.93 Å². The molecule has 0 radical (unpaired) electrons. The summed E-state index contributed by atoms with van der Waals surface area (Å²) < 4.78 is 0. The second kappa shape index (κ2) is 7.59. The van der Waals surface area contributed by atoms with Gasteiger partial charge in [0.25, 0.3) is 0 Å². The summed E-state index contributed by atoms with van der Waals surface area (Å²) >= 11 is 1.46. The summed E-state index contributed by atoms with van der Waals surface area (Å²) in [4.78, 5) is 16.1. The Morgan fingerprint density at radius 1 is 1.55 bits per heavy atom. The van der Waals surface area contributed by atoms with Crippen molar-refractivity contribution in [1.82, 2.24) is 10.3 Å². The monoisotopic (exact) mass is 297 g/mol. The number of hydrogen-bond acceptors (Lipinski definition) is 4. The summed E-state index contributed by atoms with van der Waals surface area (Å²) in [5, 5.41) is 17.9. The Bertz CT molecular complexity index is 436. The van der Waals surface area contributed by atoms with Gasteiger partial charge < -0.3 is 10.4 Å². The number of anilines is 1. The molecule has 2 amide bonds. The largest absolute Gasteiger partial charge is 0.393 e. The molecule has 1 heterocycles. The number of aryl methyl sites for hydroxylation is 1. The number of urea groups is 1. The lowest BCUT2D eigenvalue weighted by atomic mass is 9.87. The van der Waals surface area contributed by atoms with E-state index in [-0.39, 0.29) is 12.1 Å². The first-order valence-corrected chi connectivity index (χ1v) is 8.22. The molecule has 2 rings (SSSR count). The van der Waals surface area contributed by atoms with Crippen molar-refractivity contribution in [1.29, 1.82) is 0 Å².